The summed E-state index contributed by atoms with van der Waals surface area (Å²) in [6.45, 7) is 2.04. The minimum Gasteiger partial charge on any atom is -0.375 e. The van der Waals surface area contributed by atoms with Crippen LogP contribution in [0.15, 0.2) is 18.2 Å². The van der Waals surface area contributed by atoms with Crippen molar-refractivity contribution in [2.75, 3.05) is 25.5 Å². The second kappa shape index (κ2) is 5.83. The van der Waals surface area contributed by atoms with Crippen molar-refractivity contribution in [3.63, 3.8) is 0 Å². The number of nitro groups is 1. The standard InChI is InChI=1S/C12H16IN3O2/c1-15-6-2-3-10(8-15)14-11-5-4-9(13)7-12(11)16(17)18/h4-5,7,10,14H,2-3,6,8H2,1H3. The van der Waals surface area contributed by atoms with Crippen molar-refractivity contribution in [2.45, 2.75) is 18.9 Å². The molecule has 1 N–H and O–H groups in total. The van der Waals surface area contributed by atoms with Gasteiger partial charge in [0.1, 0.15) is 5.69 Å². The number of halogens is 1. The fourth-order valence-corrected chi connectivity index (χ4v) is 2.76. The number of anilines is 1. The molecule has 2 rings (SSSR count). The molecule has 1 unspecified atom stereocenters. The summed E-state index contributed by atoms with van der Waals surface area (Å²) in [6, 6.07) is 5.59. The normalized spacial score (nSPS) is 20.7. The van der Waals surface area contributed by atoms with Gasteiger partial charge in [-0.05, 0) is 61.2 Å². The summed E-state index contributed by atoms with van der Waals surface area (Å²) in [6.07, 6.45) is 2.19. The third-order valence-electron chi connectivity index (χ3n) is 3.14. The Bertz CT molecular complexity index is 453. The molecule has 0 aliphatic carbocycles. The minimum absolute atomic E-state index is 0.162. The summed E-state index contributed by atoms with van der Waals surface area (Å²) in [7, 11) is 2.08. The second-order valence-electron chi connectivity index (χ2n) is 4.66. The Balaban J connectivity index is 2.15. The molecular formula is C12H16IN3O2. The lowest BCUT2D eigenvalue weighted by Crippen LogP contribution is -2.39. The molecule has 1 fully saturated rings. The van der Waals surface area contributed by atoms with Crippen molar-refractivity contribution in [3.8, 4) is 0 Å². The maximum Gasteiger partial charge on any atom is 0.293 e. The molecule has 1 aromatic carbocycles. The van der Waals surface area contributed by atoms with Crippen molar-refractivity contribution < 1.29 is 4.92 Å². The molecule has 6 heteroatoms. The fraction of sp³-hybridized carbons (Fsp3) is 0.500. The van der Waals surface area contributed by atoms with E-state index >= 15 is 0 Å². The zero-order chi connectivity index (χ0) is 13.1. The van der Waals surface area contributed by atoms with Crippen LogP contribution in [0.1, 0.15) is 12.8 Å². The highest BCUT2D eigenvalue weighted by atomic mass is 127. The molecular weight excluding hydrogens is 345 g/mol. The van der Waals surface area contributed by atoms with E-state index in [0.29, 0.717) is 11.7 Å². The molecule has 1 heterocycles. The fourth-order valence-electron chi connectivity index (χ4n) is 2.28. The Hall–Kier alpha value is -0.890. The molecule has 98 valence electrons. The van der Waals surface area contributed by atoms with Crippen molar-refractivity contribution in [2.24, 2.45) is 0 Å². The number of hydrogen-bond donors (Lipinski definition) is 1. The second-order valence-corrected chi connectivity index (χ2v) is 5.91. The quantitative estimate of drug-likeness (QED) is 0.511. The summed E-state index contributed by atoms with van der Waals surface area (Å²) in [4.78, 5) is 13.0. The van der Waals surface area contributed by atoms with Gasteiger partial charge in [-0.25, -0.2) is 0 Å². The maximum absolute atomic E-state index is 11.0. The molecule has 0 amide bonds. The highest BCUT2D eigenvalue weighted by molar-refractivity contribution is 14.1. The van der Waals surface area contributed by atoms with Crippen LogP contribution in [-0.4, -0.2) is 36.0 Å². The van der Waals surface area contributed by atoms with Crippen molar-refractivity contribution in [1.29, 1.82) is 0 Å². The van der Waals surface area contributed by atoms with Gasteiger partial charge in [-0.1, -0.05) is 0 Å². The first kappa shape index (κ1) is 13.5. The van der Waals surface area contributed by atoms with Crippen LogP contribution in [0.3, 0.4) is 0 Å². The number of hydrogen-bond acceptors (Lipinski definition) is 4. The van der Waals surface area contributed by atoms with Crippen LogP contribution in [-0.2, 0) is 0 Å². The Morgan fingerprint density at radius 3 is 3.00 bits per heavy atom. The maximum atomic E-state index is 11.0. The average molecular weight is 361 g/mol. The lowest BCUT2D eigenvalue weighted by Gasteiger charge is -2.30. The summed E-state index contributed by atoms with van der Waals surface area (Å²) in [5, 5.41) is 14.3. The largest absolute Gasteiger partial charge is 0.375 e. The van der Waals surface area contributed by atoms with E-state index in [2.05, 4.69) is 39.9 Å². The Kier molecular flexibility index (Phi) is 4.39. The molecule has 0 aromatic heterocycles. The SMILES string of the molecule is CN1CCCC(Nc2ccc(I)cc2[N+](=O)[O-])C1. The van der Waals surface area contributed by atoms with E-state index in [1.807, 2.05) is 6.07 Å². The topological polar surface area (TPSA) is 58.4 Å². The predicted octanol–water partition coefficient (Wildman–Crippen LogP) is 2.71. The third kappa shape index (κ3) is 3.32. The van der Waals surface area contributed by atoms with Crippen LogP contribution in [0.5, 0.6) is 0 Å². The van der Waals surface area contributed by atoms with Crippen LogP contribution >= 0.6 is 22.6 Å². The van der Waals surface area contributed by atoms with Gasteiger partial charge in [-0.2, -0.15) is 0 Å². The molecule has 1 aromatic rings. The van der Waals surface area contributed by atoms with E-state index in [1.165, 1.54) is 0 Å². The molecule has 5 nitrogen and oxygen atoms in total. The summed E-state index contributed by atoms with van der Waals surface area (Å²) < 4.78 is 0.880. The van der Waals surface area contributed by atoms with Gasteiger partial charge in [0, 0.05) is 22.2 Å². The van der Waals surface area contributed by atoms with E-state index in [9.17, 15) is 10.1 Å². The van der Waals surface area contributed by atoms with E-state index < -0.39 is 0 Å². The van der Waals surface area contributed by atoms with E-state index in [1.54, 1.807) is 12.1 Å². The molecule has 0 spiro atoms. The molecule has 1 atom stereocenters. The molecule has 0 bridgehead atoms. The van der Waals surface area contributed by atoms with E-state index in [0.717, 1.165) is 29.5 Å². The smallest absolute Gasteiger partial charge is 0.293 e. The molecule has 1 saturated heterocycles. The molecule has 1 aliphatic rings. The van der Waals surface area contributed by atoms with Crippen molar-refractivity contribution in [1.82, 2.24) is 4.90 Å². The molecule has 0 radical (unpaired) electrons. The number of likely N-dealkylation sites (tertiary alicyclic amines) is 1. The molecule has 0 saturated carbocycles. The molecule has 1 aliphatic heterocycles. The van der Waals surface area contributed by atoms with Crippen LogP contribution < -0.4 is 5.32 Å². The van der Waals surface area contributed by atoms with Gasteiger partial charge in [-0.15, -0.1) is 0 Å². The number of piperidine rings is 1. The summed E-state index contributed by atoms with van der Waals surface area (Å²) in [5.41, 5.74) is 0.788. The highest BCUT2D eigenvalue weighted by Crippen LogP contribution is 2.28. The van der Waals surface area contributed by atoms with E-state index in [-0.39, 0.29) is 10.6 Å². The van der Waals surface area contributed by atoms with Gasteiger partial charge >= 0.3 is 0 Å². The molecule has 18 heavy (non-hydrogen) atoms. The number of nitrogens with one attached hydrogen (secondary N) is 1. The van der Waals surface area contributed by atoms with Crippen LogP contribution in [0, 0.1) is 13.7 Å². The average Bonchev–Trinajstić information content (AvgIpc) is 2.31. The minimum atomic E-state index is -0.322. The van der Waals surface area contributed by atoms with Crippen LogP contribution in [0.4, 0.5) is 11.4 Å². The highest BCUT2D eigenvalue weighted by Gasteiger charge is 2.21. The van der Waals surface area contributed by atoms with Gasteiger partial charge < -0.3 is 10.2 Å². The zero-order valence-electron chi connectivity index (χ0n) is 10.2. The first-order chi connectivity index (χ1) is 8.56. The van der Waals surface area contributed by atoms with Gasteiger partial charge in [0.25, 0.3) is 5.69 Å². The predicted molar refractivity (Wildman–Crippen MR) is 80.0 cm³/mol. The lowest BCUT2D eigenvalue weighted by atomic mass is 10.1. The zero-order valence-corrected chi connectivity index (χ0v) is 12.4. The Morgan fingerprint density at radius 1 is 1.56 bits per heavy atom. The van der Waals surface area contributed by atoms with Crippen molar-refractivity contribution >= 4 is 34.0 Å². The van der Waals surface area contributed by atoms with Crippen molar-refractivity contribution in [3.05, 3.63) is 31.9 Å². The van der Waals surface area contributed by atoms with Crippen LogP contribution in [0.2, 0.25) is 0 Å². The van der Waals surface area contributed by atoms with E-state index in [4.69, 9.17) is 0 Å². The number of rotatable bonds is 3. The lowest BCUT2D eigenvalue weighted by molar-refractivity contribution is -0.384. The van der Waals surface area contributed by atoms with Gasteiger partial charge in [0.2, 0.25) is 0 Å². The summed E-state index contributed by atoms with van der Waals surface area (Å²) >= 11 is 2.09. The number of benzene rings is 1. The van der Waals surface area contributed by atoms with Crippen LogP contribution in [0.25, 0.3) is 0 Å². The van der Waals surface area contributed by atoms with Gasteiger partial charge in [0.15, 0.2) is 0 Å². The Labute approximate surface area is 120 Å². The number of nitro benzene ring substituents is 1. The third-order valence-corrected chi connectivity index (χ3v) is 3.81. The Morgan fingerprint density at radius 2 is 2.33 bits per heavy atom. The number of likely N-dealkylation sites (N-methyl/N-ethyl adjacent to an activating group) is 1. The van der Waals surface area contributed by atoms with Gasteiger partial charge in [-0.3, -0.25) is 10.1 Å². The first-order valence-electron chi connectivity index (χ1n) is 5.95. The first-order valence-corrected chi connectivity index (χ1v) is 7.03. The monoisotopic (exact) mass is 361 g/mol. The summed E-state index contributed by atoms with van der Waals surface area (Å²) in [5.74, 6) is 0. The number of nitrogens with zero attached hydrogens (tertiary/aromatic N) is 2. The van der Waals surface area contributed by atoms with Gasteiger partial charge in [0.05, 0.1) is 4.92 Å².